The molecule has 1 aliphatic rings. The first-order valence-electron chi connectivity index (χ1n) is 8.69. The zero-order valence-corrected chi connectivity index (χ0v) is 15.6. The standard InChI is InChI=1S/C20H22BN2O4/c1-20(2,3)27-19(25)23-13-5-7-15-14-6-4-12(21-26-11-22)8-16(14)18(10-24)17(15)9-13/h4-9,11,18,22,24H,10H2,1-3H3,(H,23,25). The lowest BCUT2D eigenvalue weighted by Crippen LogP contribution is -2.27. The molecule has 1 aliphatic carbocycles. The maximum absolute atomic E-state index is 12.0. The molecular formula is C20H22BN2O4. The number of hydrogen-bond donors (Lipinski definition) is 3. The van der Waals surface area contributed by atoms with Gasteiger partial charge in [0, 0.05) is 11.6 Å². The van der Waals surface area contributed by atoms with Gasteiger partial charge in [0.05, 0.1) is 6.61 Å². The molecule has 3 rings (SSSR count). The van der Waals surface area contributed by atoms with E-state index in [2.05, 4.69) is 5.32 Å². The molecular weight excluding hydrogens is 343 g/mol. The first-order valence-corrected chi connectivity index (χ1v) is 8.69. The number of aliphatic hydroxyl groups is 1. The zero-order valence-electron chi connectivity index (χ0n) is 15.6. The highest BCUT2D eigenvalue weighted by atomic mass is 16.6. The third-order valence-corrected chi connectivity index (χ3v) is 4.27. The average molecular weight is 365 g/mol. The van der Waals surface area contributed by atoms with E-state index in [-0.39, 0.29) is 12.5 Å². The van der Waals surface area contributed by atoms with E-state index in [0.717, 1.165) is 34.1 Å². The molecule has 0 aliphatic heterocycles. The Morgan fingerprint density at radius 2 is 1.89 bits per heavy atom. The lowest BCUT2D eigenvalue weighted by atomic mass is 9.84. The second-order valence-electron chi connectivity index (χ2n) is 7.38. The van der Waals surface area contributed by atoms with Gasteiger partial charge in [-0.1, -0.05) is 24.3 Å². The number of amides is 1. The molecule has 1 atom stereocenters. The van der Waals surface area contributed by atoms with Crippen LogP contribution < -0.4 is 10.8 Å². The number of rotatable bonds is 5. The fourth-order valence-electron chi connectivity index (χ4n) is 3.26. The molecule has 0 heterocycles. The molecule has 0 saturated heterocycles. The summed E-state index contributed by atoms with van der Waals surface area (Å²) in [6, 6.07) is 11.5. The number of fused-ring (bicyclic) bond motifs is 3. The maximum Gasteiger partial charge on any atom is 0.412 e. The van der Waals surface area contributed by atoms with Crippen LogP contribution in [0.5, 0.6) is 0 Å². The van der Waals surface area contributed by atoms with Gasteiger partial charge in [0.1, 0.15) is 12.0 Å². The third-order valence-electron chi connectivity index (χ3n) is 4.27. The molecule has 1 unspecified atom stereocenters. The van der Waals surface area contributed by atoms with Gasteiger partial charge >= 0.3 is 13.6 Å². The Morgan fingerprint density at radius 3 is 2.52 bits per heavy atom. The van der Waals surface area contributed by atoms with Gasteiger partial charge in [0.25, 0.3) is 0 Å². The average Bonchev–Trinajstić information content (AvgIpc) is 2.90. The Balaban J connectivity index is 1.88. The summed E-state index contributed by atoms with van der Waals surface area (Å²) < 4.78 is 10.2. The monoisotopic (exact) mass is 365 g/mol. The van der Waals surface area contributed by atoms with Gasteiger partial charge in [0.2, 0.25) is 0 Å². The van der Waals surface area contributed by atoms with Crippen LogP contribution in [-0.2, 0) is 9.39 Å². The highest BCUT2D eigenvalue weighted by molar-refractivity contribution is 6.48. The molecule has 0 fully saturated rings. The van der Waals surface area contributed by atoms with Crippen molar-refractivity contribution in [1.82, 2.24) is 0 Å². The second kappa shape index (κ2) is 7.44. The number of nitrogens with one attached hydrogen (secondary N) is 2. The summed E-state index contributed by atoms with van der Waals surface area (Å²) in [6.45, 7) is 5.38. The quantitative estimate of drug-likeness (QED) is 0.432. The van der Waals surface area contributed by atoms with Gasteiger partial charge in [-0.05, 0) is 60.6 Å². The first-order chi connectivity index (χ1) is 12.8. The minimum absolute atomic E-state index is 0.0508. The van der Waals surface area contributed by atoms with Crippen LogP contribution in [0.25, 0.3) is 11.1 Å². The number of ether oxygens (including phenoxy) is 1. The fraction of sp³-hybridized carbons (Fsp3) is 0.300. The van der Waals surface area contributed by atoms with E-state index in [9.17, 15) is 9.90 Å². The minimum Gasteiger partial charge on any atom is -0.550 e. The van der Waals surface area contributed by atoms with Crippen LogP contribution in [0.1, 0.15) is 37.8 Å². The van der Waals surface area contributed by atoms with Gasteiger partial charge in [-0.25, -0.2) is 4.79 Å². The summed E-state index contributed by atoms with van der Waals surface area (Å²) in [5.41, 5.74) is 4.87. The van der Waals surface area contributed by atoms with Crippen LogP contribution >= 0.6 is 0 Å². The number of aliphatic hydroxyl groups excluding tert-OH is 1. The second-order valence-corrected chi connectivity index (χ2v) is 7.38. The van der Waals surface area contributed by atoms with Crippen LogP contribution in [-0.4, -0.2) is 37.3 Å². The molecule has 1 amide bonds. The van der Waals surface area contributed by atoms with E-state index in [0.29, 0.717) is 5.69 Å². The van der Waals surface area contributed by atoms with Crippen molar-refractivity contribution in [3.8, 4) is 11.1 Å². The first kappa shape index (κ1) is 19.0. The van der Waals surface area contributed by atoms with Crippen LogP contribution in [0.3, 0.4) is 0 Å². The van der Waals surface area contributed by atoms with Crippen molar-refractivity contribution in [2.24, 2.45) is 0 Å². The predicted octanol–water partition coefficient (Wildman–Crippen LogP) is 3.01. The number of benzene rings is 2. The Morgan fingerprint density at radius 1 is 1.22 bits per heavy atom. The smallest absolute Gasteiger partial charge is 0.412 e. The molecule has 0 saturated carbocycles. The SMILES string of the molecule is CC(C)(C)OC(=O)Nc1ccc2c(c1)C(CO)c1cc([B]OC=N)ccc1-2. The fourth-order valence-corrected chi connectivity index (χ4v) is 3.26. The molecule has 27 heavy (non-hydrogen) atoms. The molecule has 6 nitrogen and oxygen atoms in total. The lowest BCUT2D eigenvalue weighted by molar-refractivity contribution is 0.0636. The Kier molecular flexibility index (Phi) is 5.23. The van der Waals surface area contributed by atoms with E-state index in [1.54, 1.807) is 0 Å². The van der Waals surface area contributed by atoms with Crippen molar-refractivity contribution in [3.63, 3.8) is 0 Å². The molecule has 3 N–H and O–H groups in total. The third kappa shape index (κ3) is 4.14. The molecule has 0 bridgehead atoms. The zero-order chi connectivity index (χ0) is 19.6. The predicted molar refractivity (Wildman–Crippen MR) is 106 cm³/mol. The van der Waals surface area contributed by atoms with Gasteiger partial charge in [-0.15, -0.1) is 0 Å². The van der Waals surface area contributed by atoms with E-state index in [4.69, 9.17) is 14.8 Å². The largest absolute Gasteiger partial charge is 0.550 e. The molecule has 2 aromatic carbocycles. The molecule has 7 heteroatoms. The highest BCUT2D eigenvalue weighted by Gasteiger charge is 2.29. The van der Waals surface area contributed by atoms with Gasteiger partial charge < -0.3 is 14.5 Å². The summed E-state index contributed by atoms with van der Waals surface area (Å²) in [5, 5.41) is 19.7. The van der Waals surface area contributed by atoms with Crippen molar-refractivity contribution in [2.45, 2.75) is 32.3 Å². The normalized spacial score (nSPS) is 14.7. The van der Waals surface area contributed by atoms with E-state index >= 15 is 0 Å². The van der Waals surface area contributed by atoms with Crippen molar-refractivity contribution < 1.29 is 19.3 Å². The van der Waals surface area contributed by atoms with Crippen LogP contribution in [0.2, 0.25) is 0 Å². The lowest BCUT2D eigenvalue weighted by Gasteiger charge is -2.20. The summed E-state index contributed by atoms with van der Waals surface area (Å²) in [5.74, 6) is -0.191. The summed E-state index contributed by atoms with van der Waals surface area (Å²) in [4.78, 5) is 12.0. The molecule has 0 aromatic heterocycles. The number of anilines is 1. The molecule has 139 valence electrons. The van der Waals surface area contributed by atoms with Crippen molar-refractivity contribution in [2.75, 3.05) is 11.9 Å². The summed E-state index contributed by atoms with van der Waals surface area (Å²) >= 11 is 0. The van der Waals surface area contributed by atoms with Crippen LogP contribution in [0.4, 0.5) is 10.5 Å². The van der Waals surface area contributed by atoms with Gasteiger partial charge in [-0.3, -0.25) is 10.7 Å². The highest BCUT2D eigenvalue weighted by Crippen LogP contribution is 2.45. The van der Waals surface area contributed by atoms with Crippen molar-refractivity contribution in [3.05, 3.63) is 47.5 Å². The number of carbonyl (C=O) groups excluding carboxylic acids is 1. The number of carbonyl (C=O) groups is 1. The van der Waals surface area contributed by atoms with E-state index in [1.165, 1.54) is 7.48 Å². The minimum atomic E-state index is -0.573. The number of hydrogen-bond acceptors (Lipinski definition) is 5. The van der Waals surface area contributed by atoms with Gasteiger partial charge in [-0.2, -0.15) is 0 Å². The summed E-state index contributed by atoms with van der Waals surface area (Å²) in [6.07, 6.45) is 0.347. The molecule has 0 spiro atoms. The van der Waals surface area contributed by atoms with Gasteiger partial charge in [0.15, 0.2) is 0 Å². The maximum atomic E-state index is 12.0. The Labute approximate surface area is 159 Å². The van der Waals surface area contributed by atoms with E-state index < -0.39 is 11.7 Å². The molecule has 2 aromatic rings. The summed E-state index contributed by atoms with van der Waals surface area (Å²) in [7, 11) is 1.49. The molecule has 1 radical (unpaired) electrons. The van der Waals surface area contributed by atoms with Crippen molar-refractivity contribution in [1.29, 1.82) is 5.41 Å². The Bertz CT molecular complexity index is 877. The van der Waals surface area contributed by atoms with Crippen LogP contribution in [0.15, 0.2) is 36.4 Å². The van der Waals surface area contributed by atoms with Crippen molar-refractivity contribution >= 4 is 31.1 Å². The van der Waals surface area contributed by atoms with Crippen LogP contribution in [0, 0.1) is 5.41 Å². The Hall–Kier alpha value is -2.80. The topological polar surface area (TPSA) is 91.6 Å². The van der Waals surface area contributed by atoms with E-state index in [1.807, 2.05) is 57.2 Å².